The average Bonchev–Trinajstić information content (AvgIpc) is 2.84. The molecule has 1 aromatic carbocycles. The molecule has 1 fully saturated rings. The molecular formula is C13H14Cl2O. The largest absolute Gasteiger partial charge is 0.486 e. The number of halogens is 2. The van der Waals surface area contributed by atoms with Crippen LogP contribution < -0.4 is 4.74 Å². The molecular weight excluding hydrogens is 243 g/mol. The van der Waals surface area contributed by atoms with Crippen molar-refractivity contribution in [2.75, 3.05) is 0 Å². The van der Waals surface area contributed by atoms with E-state index in [0.717, 1.165) is 22.8 Å². The van der Waals surface area contributed by atoms with Crippen molar-refractivity contribution >= 4 is 23.2 Å². The van der Waals surface area contributed by atoms with Crippen LogP contribution in [0.3, 0.4) is 0 Å². The summed E-state index contributed by atoms with van der Waals surface area (Å²) in [7, 11) is 0. The Morgan fingerprint density at radius 2 is 2.00 bits per heavy atom. The van der Waals surface area contributed by atoms with E-state index in [0.29, 0.717) is 5.88 Å². The number of fused-ring (bicyclic) bond motifs is 1. The van der Waals surface area contributed by atoms with Gasteiger partial charge in [0.05, 0.1) is 5.88 Å². The van der Waals surface area contributed by atoms with Gasteiger partial charge in [-0.2, -0.15) is 0 Å². The Hall–Kier alpha value is -0.400. The maximum Gasteiger partial charge on any atom is 0.128 e. The second-order valence-corrected chi connectivity index (χ2v) is 5.56. The minimum atomic E-state index is 0.0633. The predicted octanol–water partition coefficient (Wildman–Crippen LogP) is 4.33. The third kappa shape index (κ3) is 1.61. The van der Waals surface area contributed by atoms with Gasteiger partial charge in [-0.1, -0.05) is 11.6 Å². The third-order valence-electron chi connectivity index (χ3n) is 3.70. The van der Waals surface area contributed by atoms with Crippen LogP contribution in [-0.4, -0.2) is 5.60 Å². The second-order valence-electron chi connectivity index (χ2n) is 4.86. The normalized spacial score (nSPS) is 21.1. The van der Waals surface area contributed by atoms with Crippen LogP contribution in [0, 0.1) is 0 Å². The number of alkyl halides is 1. The topological polar surface area (TPSA) is 9.23 Å². The molecule has 1 nitrogen and oxygen atoms in total. The number of ether oxygens (including phenoxy) is 1. The Bertz CT molecular complexity index is 422. The summed E-state index contributed by atoms with van der Waals surface area (Å²) in [5, 5.41) is 0.771. The van der Waals surface area contributed by atoms with E-state index in [9.17, 15) is 0 Å². The van der Waals surface area contributed by atoms with Crippen LogP contribution in [0.5, 0.6) is 5.75 Å². The van der Waals surface area contributed by atoms with E-state index < -0.39 is 0 Å². The van der Waals surface area contributed by atoms with Gasteiger partial charge in [-0.3, -0.25) is 0 Å². The van der Waals surface area contributed by atoms with Gasteiger partial charge in [-0.05, 0) is 43.4 Å². The van der Waals surface area contributed by atoms with Gasteiger partial charge in [-0.15, -0.1) is 11.6 Å². The molecule has 0 bridgehead atoms. The summed E-state index contributed by atoms with van der Waals surface area (Å²) in [5.41, 5.74) is 2.34. The monoisotopic (exact) mass is 256 g/mol. The summed E-state index contributed by atoms with van der Waals surface area (Å²) < 4.78 is 6.19. The zero-order valence-corrected chi connectivity index (χ0v) is 10.6. The predicted molar refractivity (Wildman–Crippen MR) is 66.5 cm³/mol. The van der Waals surface area contributed by atoms with E-state index in [1.807, 2.05) is 12.1 Å². The van der Waals surface area contributed by atoms with Crippen molar-refractivity contribution in [3.8, 4) is 5.75 Å². The van der Waals surface area contributed by atoms with Crippen molar-refractivity contribution in [2.45, 2.75) is 43.6 Å². The first kappa shape index (κ1) is 10.7. The van der Waals surface area contributed by atoms with Gasteiger partial charge in [0.2, 0.25) is 0 Å². The SMILES string of the molecule is ClCc1cc(Cl)cc2c1OC1(CCCC1)C2. The number of hydrogen-bond acceptors (Lipinski definition) is 1. The quantitative estimate of drug-likeness (QED) is 0.680. The Balaban J connectivity index is 2.02. The lowest BCUT2D eigenvalue weighted by Gasteiger charge is -2.22. The summed E-state index contributed by atoms with van der Waals surface area (Å²) in [4.78, 5) is 0. The first-order valence-corrected chi connectivity index (χ1v) is 6.70. The van der Waals surface area contributed by atoms with Gasteiger partial charge in [0.25, 0.3) is 0 Å². The Labute approximate surface area is 106 Å². The molecule has 86 valence electrons. The van der Waals surface area contributed by atoms with Gasteiger partial charge in [0.1, 0.15) is 11.4 Å². The van der Waals surface area contributed by atoms with Crippen molar-refractivity contribution in [3.63, 3.8) is 0 Å². The molecule has 1 aromatic rings. The van der Waals surface area contributed by atoms with Gasteiger partial charge in [0.15, 0.2) is 0 Å². The highest BCUT2D eigenvalue weighted by Crippen LogP contribution is 2.47. The number of rotatable bonds is 1. The molecule has 0 radical (unpaired) electrons. The Kier molecular flexibility index (Phi) is 2.56. The fourth-order valence-electron chi connectivity index (χ4n) is 2.97. The molecule has 0 amide bonds. The van der Waals surface area contributed by atoms with Crippen LogP contribution in [-0.2, 0) is 12.3 Å². The maximum atomic E-state index is 6.19. The van der Waals surface area contributed by atoms with Crippen molar-refractivity contribution in [3.05, 3.63) is 28.3 Å². The van der Waals surface area contributed by atoms with E-state index in [1.54, 1.807) is 0 Å². The van der Waals surface area contributed by atoms with E-state index in [2.05, 4.69) is 0 Å². The fourth-order valence-corrected chi connectivity index (χ4v) is 3.43. The van der Waals surface area contributed by atoms with E-state index in [1.165, 1.54) is 31.2 Å². The van der Waals surface area contributed by atoms with Crippen LogP contribution in [0.15, 0.2) is 12.1 Å². The lowest BCUT2D eigenvalue weighted by Crippen LogP contribution is -2.30. The minimum Gasteiger partial charge on any atom is -0.486 e. The third-order valence-corrected chi connectivity index (χ3v) is 4.20. The molecule has 0 atom stereocenters. The lowest BCUT2D eigenvalue weighted by molar-refractivity contribution is 0.102. The average molecular weight is 257 g/mol. The molecule has 0 saturated heterocycles. The van der Waals surface area contributed by atoms with E-state index in [4.69, 9.17) is 27.9 Å². The minimum absolute atomic E-state index is 0.0633. The van der Waals surface area contributed by atoms with Crippen LogP contribution in [0.25, 0.3) is 0 Å². The van der Waals surface area contributed by atoms with E-state index in [-0.39, 0.29) is 5.60 Å². The summed E-state index contributed by atoms with van der Waals surface area (Å²) in [6.45, 7) is 0. The molecule has 1 spiro atoms. The van der Waals surface area contributed by atoms with Crippen molar-refractivity contribution in [2.24, 2.45) is 0 Å². The highest BCUT2D eigenvalue weighted by Gasteiger charge is 2.42. The second kappa shape index (κ2) is 3.82. The zero-order valence-electron chi connectivity index (χ0n) is 9.06. The van der Waals surface area contributed by atoms with Crippen molar-refractivity contribution in [1.29, 1.82) is 0 Å². The fraction of sp³-hybridized carbons (Fsp3) is 0.538. The highest BCUT2D eigenvalue weighted by molar-refractivity contribution is 6.31. The number of benzene rings is 1. The number of hydrogen-bond donors (Lipinski definition) is 0. The summed E-state index contributed by atoms with van der Waals surface area (Å²) >= 11 is 12.0. The first-order chi connectivity index (χ1) is 7.72. The molecule has 3 rings (SSSR count). The van der Waals surface area contributed by atoms with Crippen LogP contribution >= 0.6 is 23.2 Å². The van der Waals surface area contributed by atoms with Gasteiger partial charge >= 0.3 is 0 Å². The molecule has 2 aliphatic rings. The zero-order chi connectivity index (χ0) is 11.2. The molecule has 1 heterocycles. The molecule has 1 aliphatic carbocycles. The molecule has 3 heteroatoms. The van der Waals surface area contributed by atoms with Crippen molar-refractivity contribution in [1.82, 2.24) is 0 Å². The van der Waals surface area contributed by atoms with Crippen LogP contribution in [0.1, 0.15) is 36.8 Å². The van der Waals surface area contributed by atoms with Gasteiger partial charge in [0, 0.05) is 17.0 Å². The Morgan fingerprint density at radius 1 is 1.25 bits per heavy atom. The molecule has 1 aliphatic heterocycles. The van der Waals surface area contributed by atoms with Gasteiger partial charge in [-0.25, -0.2) is 0 Å². The van der Waals surface area contributed by atoms with Crippen LogP contribution in [0.2, 0.25) is 5.02 Å². The molecule has 0 N–H and O–H groups in total. The Morgan fingerprint density at radius 3 is 2.69 bits per heavy atom. The maximum absolute atomic E-state index is 6.19. The smallest absolute Gasteiger partial charge is 0.128 e. The first-order valence-electron chi connectivity index (χ1n) is 5.79. The standard InChI is InChI=1S/C13H14Cl2O/c14-8-10-6-11(15)5-9-7-13(16-12(9)10)3-1-2-4-13/h5-6H,1-4,7-8H2. The van der Waals surface area contributed by atoms with Crippen LogP contribution in [0.4, 0.5) is 0 Å². The molecule has 0 unspecified atom stereocenters. The summed E-state index contributed by atoms with van der Waals surface area (Å²) in [6.07, 6.45) is 5.89. The molecule has 1 saturated carbocycles. The van der Waals surface area contributed by atoms with Crippen molar-refractivity contribution < 1.29 is 4.74 Å². The summed E-state index contributed by atoms with van der Waals surface area (Å²) in [5.74, 6) is 1.47. The molecule has 0 aromatic heterocycles. The summed E-state index contributed by atoms with van der Waals surface area (Å²) in [6, 6.07) is 3.95. The van der Waals surface area contributed by atoms with E-state index >= 15 is 0 Å². The van der Waals surface area contributed by atoms with Gasteiger partial charge < -0.3 is 4.74 Å². The molecule has 16 heavy (non-hydrogen) atoms. The lowest BCUT2D eigenvalue weighted by atomic mass is 9.95. The highest BCUT2D eigenvalue weighted by atomic mass is 35.5.